The van der Waals surface area contributed by atoms with E-state index in [4.69, 9.17) is 1.37 Å². The van der Waals surface area contributed by atoms with Gasteiger partial charge in [0.05, 0.1) is 5.69 Å². The van der Waals surface area contributed by atoms with Gasteiger partial charge in [0.1, 0.15) is 0 Å². The van der Waals surface area contributed by atoms with Crippen LogP contribution in [-0.2, 0) is 0 Å². The SMILES string of the molecule is [2H]C1(c2ccc(-c3ccnc(-c4ccccc4)c3)cc2)CC2CCC1C2. The van der Waals surface area contributed by atoms with Gasteiger partial charge in [0.15, 0.2) is 0 Å². The molecule has 0 aliphatic heterocycles. The average molecular weight is 326 g/mol. The number of hydrogen-bond acceptors (Lipinski definition) is 1. The molecule has 2 aliphatic carbocycles. The monoisotopic (exact) mass is 326 g/mol. The maximum Gasteiger partial charge on any atom is 0.0708 e. The molecule has 3 atom stereocenters. The van der Waals surface area contributed by atoms with Gasteiger partial charge in [-0.15, -0.1) is 0 Å². The van der Waals surface area contributed by atoms with E-state index in [1.807, 2.05) is 24.4 Å². The molecule has 0 saturated heterocycles. The molecule has 2 bridgehead atoms. The Bertz CT molecular complexity index is 918. The third-order valence-corrected chi connectivity index (χ3v) is 5.96. The van der Waals surface area contributed by atoms with Crippen LogP contribution in [0.5, 0.6) is 0 Å². The summed E-state index contributed by atoms with van der Waals surface area (Å²) in [6.45, 7) is 0. The van der Waals surface area contributed by atoms with Crippen LogP contribution in [0.25, 0.3) is 22.4 Å². The fourth-order valence-electron chi connectivity index (χ4n) is 4.66. The molecule has 0 radical (unpaired) electrons. The van der Waals surface area contributed by atoms with E-state index in [1.165, 1.54) is 36.0 Å². The van der Waals surface area contributed by atoms with Gasteiger partial charge >= 0.3 is 0 Å². The van der Waals surface area contributed by atoms with Crippen LogP contribution in [0.3, 0.4) is 0 Å². The summed E-state index contributed by atoms with van der Waals surface area (Å²) in [6.07, 6.45) is 6.76. The molecule has 2 saturated carbocycles. The van der Waals surface area contributed by atoms with Crippen molar-refractivity contribution < 1.29 is 1.37 Å². The third-order valence-electron chi connectivity index (χ3n) is 5.96. The first-order valence-corrected chi connectivity index (χ1v) is 9.35. The highest BCUT2D eigenvalue weighted by atomic mass is 14.7. The number of fused-ring (bicyclic) bond motifs is 2. The minimum absolute atomic E-state index is 0.352. The largest absolute Gasteiger partial charge is 0.256 e. The summed E-state index contributed by atoms with van der Waals surface area (Å²) in [4.78, 5) is 4.52. The maximum atomic E-state index is 9.02. The molecule has 5 rings (SSSR count). The van der Waals surface area contributed by atoms with Gasteiger partial charge < -0.3 is 0 Å². The van der Waals surface area contributed by atoms with Gasteiger partial charge in [-0.3, -0.25) is 4.98 Å². The van der Waals surface area contributed by atoms with Gasteiger partial charge in [0.25, 0.3) is 0 Å². The molecule has 1 heteroatoms. The van der Waals surface area contributed by atoms with Crippen LogP contribution in [0, 0.1) is 11.8 Å². The Morgan fingerprint density at radius 1 is 0.800 bits per heavy atom. The van der Waals surface area contributed by atoms with Crippen LogP contribution in [0.2, 0.25) is 0 Å². The fourth-order valence-corrected chi connectivity index (χ4v) is 4.66. The minimum Gasteiger partial charge on any atom is -0.256 e. The predicted molar refractivity (Wildman–Crippen MR) is 103 cm³/mol. The van der Waals surface area contributed by atoms with E-state index >= 15 is 0 Å². The number of nitrogens with zero attached hydrogens (tertiary/aromatic N) is 1. The second-order valence-electron chi connectivity index (χ2n) is 7.48. The standard InChI is InChI=1S/C24H23N/c1-2-4-20(5-3-1)24-16-21(12-13-25-24)18-8-10-19(11-9-18)23-15-17-6-7-22(23)14-17/h1-5,8-13,16-17,22-23H,6-7,14-15H2/i23D. The molecule has 1 nitrogen and oxygen atoms in total. The number of benzene rings is 2. The third kappa shape index (κ3) is 2.78. The van der Waals surface area contributed by atoms with Crippen molar-refractivity contribution in [3.05, 3.63) is 78.5 Å². The molecule has 2 aromatic carbocycles. The zero-order chi connectivity index (χ0) is 17.6. The normalized spacial score (nSPS) is 28.1. The molecule has 3 aromatic rings. The van der Waals surface area contributed by atoms with Crippen molar-refractivity contribution >= 4 is 0 Å². The summed E-state index contributed by atoms with van der Waals surface area (Å²) in [5.41, 5.74) is 5.71. The second kappa shape index (κ2) is 6.15. The summed E-state index contributed by atoms with van der Waals surface area (Å²) in [5.74, 6) is 0.990. The van der Waals surface area contributed by atoms with Crippen molar-refractivity contribution in [2.75, 3.05) is 0 Å². The van der Waals surface area contributed by atoms with Crippen molar-refractivity contribution in [2.45, 2.75) is 31.6 Å². The van der Waals surface area contributed by atoms with Crippen LogP contribution in [0.1, 0.15) is 38.5 Å². The molecule has 0 N–H and O–H groups in total. The van der Waals surface area contributed by atoms with Gasteiger partial charge in [-0.2, -0.15) is 0 Å². The van der Waals surface area contributed by atoms with Crippen molar-refractivity contribution in [3.8, 4) is 22.4 Å². The quantitative estimate of drug-likeness (QED) is 0.549. The van der Waals surface area contributed by atoms with Gasteiger partial charge in [-0.25, -0.2) is 0 Å². The summed E-state index contributed by atoms with van der Waals surface area (Å²) in [6, 6.07) is 23.2. The fraction of sp³-hybridized carbons (Fsp3) is 0.292. The Hall–Kier alpha value is -2.41. The van der Waals surface area contributed by atoms with Gasteiger partial charge in [-0.05, 0) is 65.8 Å². The highest BCUT2D eigenvalue weighted by molar-refractivity contribution is 5.70. The summed E-state index contributed by atoms with van der Waals surface area (Å²) >= 11 is 0. The molecule has 2 fully saturated rings. The lowest BCUT2D eigenvalue weighted by Gasteiger charge is -2.22. The number of hydrogen-bond donors (Lipinski definition) is 0. The van der Waals surface area contributed by atoms with E-state index in [2.05, 4.69) is 53.5 Å². The van der Waals surface area contributed by atoms with E-state index < -0.39 is 0 Å². The first kappa shape index (κ1) is 13.8. The molecular weight excluding hydrogens is 302 g/mol. The smallest absolute Gasteiger partial charge is 0.0708 e. The van der Waals surface area contributed by atoms with E-state index in [-0.39, 0.29) is 5.89 Å². The Balaban J connectivity index is 1.45. The van der Waals surface area contributed by atoms with Crippen molar-refractivity contribution in [2.24, 2.45) is 11.8 Å². The van der Waals surface area contributed by atoms with E-state index in [9.17, 15) is 0 Å². The van der Waals surface area contributed by atoms with Crippen LogP contribution in [0.4, 0.5) is 0 Å². The predicted octanol–water partition coefficient (Wildman–Crippen LogP) is 6.32. The lowest BCUT2D eigenvalue weighted by Crippen LogP contribution is -2.08. The molecule has 124 valence electrons. The lowest BCUT2D eigenvalue weighted by molar-refractivity contribution is 0.420. The topological polar surface area (TPSA) is 12.9 Å². The molecule has 1 aromatic heterocycles. The van der Waals surface area contributed by atoms with E-state index in [1.54, 1.807) is 0 Å². The summed E-state index contributed by atoms with van der Waals surface area (Å²) in [5, 5.41) is 0. The molecule has 3 unspecified atom stereocenters. The average Bonchev–Trinajstić information content (AvgIpc) is 3.30. The lowest BCUT2D eigenvalue weighted by atomic mass is 9.83. The number of pyridine rings is 1. The zero-order valence-electron chi connectivity index (χ0n) is 15.4. The molecule has 0 amide bonds. The molecule has 1 heterocycles. The molecular formula is C24H23N. The second-order valence-corrected chi connectivity index (χ2v) is 7.48. The zero-order valence-corrected chi connectivity index (χ0v) is 14.4. The van der Waals surface area contributed by atoms with Crippen molar-refractivity contribution in [1.29, 1.82) is 0 Å². The van der Waals surface area contributed by atoms with Crippen LogP contribution >= 0.6 is 0 Å². The number of rotatable bonds is 3. The highest BCUT2D eigenvalue weighted by Crippen LogP contribution is 2.52. The highest BCUT2D eigenvalue weighted by Gasteiger charge is 2.39. The van der Waals surface area contributed by atoms with Crippen LogP contribution < -0.4 is 0 Å². The van der Waals surface area contributed by atoms with Crippen molar-refractivity contribution in [3.63, 3.8) is 0 Å². The Morgan fingerprint density at radius 3 is 2.36 bits per heavy atom. The van der Waals surface area contributed by atoms with E-state index in [0.717, 1.165) is 23.6 Å². The molecule has 0 spiro atoms. The molecule has 2 aliphatic rings. The maximum absolute atomic E-state index is 9.02. The minimum atomic E-state index is -0.352. The van der Waals surface area contributed by atoms with Crippen molar-refractivity contribution in [1.82, 2.24) is 4.98 Å². The Morgan fingerprint density at radius 2 is 1.64 bits per heavy atom. The Kier molecular flexibility index (Phi) is 3.40. The summed E-state index contributed by atoms with van der Waals surface area (Å²) in [7, 11) is 0. The first-order valence-electron chi connectivity index (χ1n) is 9.85. The molecule has 25 heavy (non-hydrogen) atoms. The number of aromatic nitrogens is 1. The van der Waals surface area contributed by atoms with Crippen LogP contribution in [-0.4, -0.2) is 4.98 Å². The first-order chi connectivity index (χ1) is 12.7. The van der Waals surface area contributed by atoms with E-state index in [0.29, 0.717) is 5.92 Å². The van der Waals surface area contributed by atoms with Gasteiger partial charge in [0.2, 0.25) is 0 Å². The van der Waals surface area contributed by atoms with Gasteiger partial charge in [0, 0.05) is 13.1 Å². The Labute approximate surface area is 151 Å². The summed E-state index contributed by atoms with van der Waals surface area (Å²) < 4.78 is 9.02. The van der Waals surface area contributed by atoms with Crippen LogP contribution in [0.15, 0.2) is 72.9 Å². The van der Waals surface area contributed by atoms with Gasteiger partial charge in [-0.1, -0.05) is 61.0 Å².